The Labute approximate surface area is 150 Å². The predicted molar refractivity (Wildman–Crippen MR) is 103 cm³/mol. The summed E-state index contributed by atoms with van der Waals surface area (Å²) in [5, 5.41) is 3.29. The molecule has 0 aliphatic carbocycles. The number of rotatable bonds is 5. The molecule has 5 heteroatoms. The van der Waals surface area contributed by atoms with Gasteiger partial charge in [-0.05, 0) is 54.0 Å². The highest BCUT2D eigenvalue weighted by molar-refractivity contribution is 9.10. The third kappa shape index (κ3) is 3.74. The van der Waals surface area contributed by atoms with E-state index in [1.165, 1.54) is 0 Å². The molecular weight excluding hydrogens is 364 g/mol. The van der Waals surface area contributed by atoms with Crippen LogP contribution in [0.1, 0.15) is 12.6 Å². The average Bonchev–Trinajstić information content (AvgIpc) is 2.58. The quantitative estimate of drug-likeness (QED) is 0.636. The molecule has 0 bridgehead atoms. The topological polar surface area (TPSA) is 41.1 Å². The third-order valence-corrected chi connectivity index (χ3v) is 4.31. The summed E-state index contributed by atoms with van der Waals surface area (Å²) in [4.78, 5) is 11.4. The predicted octanol–water partition coefficient (Wildman–Crippen LogP) is 5.45. The fourth-order valence-electron chi connectivity index (χ4n) is 2.51. The van der Waals surface area contributed by atoms with Crippen molar-refractivity contribution in [2.45, 2.75) is 13.8 Å². The molecule has 1 heterocycles. The third-order valence-electron chi connectivity index (χ3n) is 3.62. The van der Waals surface area contributed by atoms with Gasteiger partial charge in [-0.15, -0.1) is 0 Å². The van der Waals surface area contributed by atoms with E-state index >= 15 is 0 Å². The largest absolute Gasteiger partial charge is 0.326 e. The van der Waals surface area contributed by atoms with Gasteiger partial charge in [0.15, 0.2) is 0 Å². The van der Waals surface area contributed by atoms with Crippen LogP contribution in [0.4, 0.5) is 23.1 Å². The molecule has 0 fully saturated rings. The monoisotopic (exact) mass is 382 g/mol. The molecule has 0 spiro atoms. The van der Waals surface area contributed by atoms with Crippen LogP contribution in [0, 0.1) is 6.92 Å². The molecule has 0 saturated heterocycles. The van der Waals surface area contributed by atoms with E-state index in [1.807, 2.05) is 55.5 Å². The number of nitrogens with zero attached hydrogens (tertiary/aromatic N) is 3. The lowest BCUT2D eigenvalue weighted by Crippen LogP contribution is -2.18. The van der Waals surface area contributed by atoms with Gasteiger partial charge in [0, 0.05) is 28.5 Å². The normalized spacial score (nSPS) is 10.5. The Hall–Kier alpha value is -2.40. The molecule has 0 radical (unpaired) electrons. The van der Waals surface area contributed by atoms with Crippen molar-refractivity contribution in [2.24, 2.45) is 0 Å². The van der Waals surface area contributed by atoms with Gasteiger partial charge in [0.1, 0.15) is 5.82 Å². The molecule has 0 aliphatic rings. The number of para-hydroxylation sites is 2. The second-order valence-electron chi connectivity index (χ2n) is 5.38. The Morgan fingerprint density at radius 3 is 2.42 bits per heavy atom. The zero-order valence-corrected chi connectivity index (χ0v) is 15.3. The van der Waals surface area contributed by atoms with Crippen molar-refractivity contribution < 1.29 is 0 Å². The number of hydrogen-bond donors (Lipinski definition) is 1. The number of aryl methyl sites for hydroxylation is 1. The minimum Gasteiger partial charge on any atom is -0.326 e. The van der Waals surface area contributed by atoms with Crippen molar-refractivity contribution >= 4 is 39.1 Å². The number of aromatic nitrogens is 2. The number of anilines is 4. The first-order valence-electron chi connectivity index (χ1n) is 7.87. The van der Waals surface area contributed by atoms with Crippen molar-refractivity contribution in [3.8, 4) is 0 Å². The van der Waals surface area contributed by atoms with Gasteiger partial charge in [-0.1, -0.05) is 30.3 Å². The lowest BCUT2D eigenvalue weighted by Gasteiger charge is -2.23. The van der Waals surface area contributed by atoms with Crippen LogP contribution in [0.15, 0.2) is 65.1 Å². The molecule has 4 nitrogen and oxygen atoms in total. The smallest absolute Gasteiger partial charge is 0.229 e. The zero-order valence-electron chi connectivity index (χ0n) is 13.7. The lowest BCUT2D eigenvalue weighted by atomic mass is 10.2. The van der Waals surface area contributed by atoms with Gasteiger partial charge in [-0.2, -0.15) is 4.98 Å². The van der Waals surface area contributed by atoms with Gasteiger partial charge in [-0.3, -0.25) is 0 Å². The van der Waals surface area contributed by atoms with Crippen molar-refractivity contribution in [3.63, 3.8) is 0 Å². The molecule has 0 saturated carbocycles. The molecule has 3 rings (SSSR count). The van der Waals surface area contributed by atoms with Crippen LogP contribution in [0.3, 0.4) is 0 Å². The lowest BCUT2D eigenvalue weighted by molar-refractivity contribution is 0.969. The van der Waals surface area contributed by atoms with Gasteiger partial charge < -0.3 is 10.2 Å². The maximum absolute atomic E-state index is 4.70. The summed E-state index contributed by atoms with van der Waals surface area (Å²) in [5.41, 5.74) is 2.98. The Balaban J connectivity index is 1.95. The van der Waals surface area contributed by atoms with Crippen LogP contribution in [-0.2, 0) is 0 Å². The average molecular weight is 383 g/mol. The van der Waals surface area contributed by atoms with Gasteiger partial charge in [0.25, 0.3) is 0 Å². The van der Waals surface area contributed by atoms with E-state index in [4.69, 9.17) is 4.98 Å². The highest BCUT2D eigenvalue weighted by Gasteiger charge is 2.11. The molecule has 2 aromatic carbocycles. The van der Waals surface area contributed by atoms with Crippen molar-refractivity contribution in [3.05, 3.63) is 70.8 Å². The Kier molecular flexibility index (Phi) is 5.11. The van der Waals surface area contributed by atoms with Gasteiger partial charge >= 0.3 is 0 Å². The minimum absolute atomic E-state index is 0.589. The first-order valence-corrected chi connectivity index (χ1v) is 8.66. The van der Waals surface area contributed by atoms with Crippen LogP contribution in [0.25, 0.3) is 0 Å². The van der Waals surface area contributed by atoms with Crippen molar-refractivity contribution in [2.75, 3.05) is 16.8 Å². The van der Waals surface area contributed by atoms with E-state index in [0.29, 0.717) is 5.95 Å². The summed E-state index contributed by atoms with van der Waals surface area (Å²) < 4.78 is 0.979. The fourth-order valence-corrected chi connectivity index (χ4v) is 2.90. The zero-order chi connectivity index (χ0) is 16.9. The first kappa shape index (κ1) is 16.5. The molecule has 0 unspecified atom stereocenters. The SMILES string of the molecule is CCN(c1ccccc1)c1cc(C)nc(Nc2ccccc2Br)n1. The molecule has 122 valence electrons. The summed E-state index contributed by atoms with van der Waals surface area (Å²) in [6.45, 7) is 4.93. The maximum Gasteiger partial charge on any atom is 0.229 e. The number of halogens is 1. The Bertz CT molecular complexity index is 821. The minimum atomic E-state index is 0.589. The van der Waals surface area contributed by atoms with Gasteiger partial charge in [0.2, 0.25) is 5.95 Å². The van der Waals surface area contributed by atoms with E-state index in [9.17, 15) is 0 Å². The van der Waals surface area contributed by atoms with Crippen molar-refractivity contribution in [1.82, 2.24) is 9.97 Å². The number of benzene rings is 2. The molecule has 24 heavy (non-hydrogen) atoms. The van der Waals surface area contributed by atoms with E-state index in [-0.39, 0.29) is 0 Å². The van der Waals surface area contributed by atoms with E-state index < -0.39 is 0 Å². The summed E-state index contributed by atoms with van der Waals surface area (Å²) >= 11 is 3.54. The second kappa shape index (κ2) is 7.45. The molecule has 0 atom stereocenters. The molecule has 3 aromatic rings. The standard InChI is InChI=1S/C19H19BrN4/c1-3-24(15-9-5-4-6-10-15)18-13-14(2)21-19(23-18)22-17-12-8-7-11-16(17)20/h4-13H,3H2,1-2H3,(H,21,22,23). The Morgan fingerprint density at radius 1 is 1.00 bits per heavy atom. The van der Waals surface area contributed by atoms with E-state index in [1.54, 1.807) is 0 Å². The van der Waals surface area contributed by atoms with Gasteiger partial charge in [-0.25, -0.2) is 4.98 Å². The highest BCUT2D eigenvalue weighted by atomic mass is 79.9. The van der Waals surface area contributed by atoms with Crippen LogP contribution in [-0.4, -0.2) is 16.5 Å². The summed E-state index contributed by atoms with van der Waals surface area (Å²) in [6.07, 6.45) is 0. The molecular formula is C19H19BrN4. The van der Waals surface area contributed by atoms with Crippen LogP contribution in [0.5, 0.6) is 0 Å². The fraction of sp³-hybridized carbons (Fsp3) is 0.158. The molecule has 1 aromatic heterocycles. The molecule has 0 aliphatic heterocycles. The van der Waals surface area contributed by atoms with Gasteiger partial charge in [0.05, 0.1) is 5.69 Å². The van der Waals surface area contributed by atoms with Crippen LogP contribution >= 0.6 is 15.9 Å². The number of nitrogens with one attached hydrogen (secondary N) is 1. The van der Waals surface area contributed by atoms with E-state index in [2.05, 4.69) is 50.2 Å². The van der Waals surface area contributed by atoms with Crippen molar-refractivity contribution in [1.29, 1.82) is 0 Å². The Morgan fingerprint density at radius 2 is 1.71 bits per heavy atom. The summed E-state index contributed by atoms with van der Waals surface area (Å²) in [5.74, 6) is 1.47. The molecule has 1 N–H and O–H groups in total. The first-order chi connectivity index (χ1) is 11.7. The summed E-state index contributed by atoms with van der Waals surface area (Å²) in [7, 11) is 0. The van der Waals surface area contributed by atoms with E-state index in [0.717, 1.165) is 33.9 Å². The number of hydrogen-bond acceptors (Lipinski definition) is 4. The van der Waals surface area contributed by atoms with Crippen LogP contribution < -0.4 is 10.2 Å². The second-order valence-corrected chi connectivity index (χ2v) is 6.23. The maximum atomic E-state index is 4.70. The highest BCUT2D eigenvalue weighted by Crippen LogP contribution is 2.27. The molecule has 0 amide bonds. The van der Waals surface area contributed by atoms with Crippen LogP contribution in [0.2, 0.25) is 0 Å². The summed E-state index contributed by atoms with van der Waals surface area (Å²) in [6, 6.07) is 20.2.